The normalized spacial score (nSPS) is 16.7. The Hall–Kier alpha value is -3.83. The summed E-state index contributed by atoms with van der Waals surface area (Å²) in [4.78, 5) is 34.0. The summed E-state index contributed by atoms with van der Waals surface area (Å²) in [7, 11) is 0. The molecule has 0 saturated carbocycles. The highest BCUT2D eigenvalue weighted by atomic mass is 19.1. The van der Waals surface area contributed by atoms with Crippen LogP contribution in [0, 0.1) is 18.6 Å². The predicted molar refractivity (Wildman–Crippen MR) is 158 cm³/mol. The van der Waals surface area contributed by atoms with Gasteiger partial charge in [0.1, 0.15) is 28.6 Å². The van der Waals surface area contributed by atoms with Gasteiger partial charge in [0, 0.05) is 75.3 Å². The second-order valence-electron chi connectivity index (χ2n) is 12.2. The molecule has 0 radical (unpaired) electrons. The van der Waals surface area contributed by atoms with Crippen LogP contribution >= 0.6 is 0 Å². The summed E-state index contributed by atoms with van der Waals surface area (Å²) in [6, 6.07) is 6.93. The first-order chi connectivity index (χ1) is 20.0. The van der Waals surface area contributed by atoms with Crippen LogP contribution in [-0.4, -0.2) is 72.8 Å². The average Bonchev–Trinajstić information content (AvgIpc) is 3.30. The van der Waals surface area contributed by atoms with Crippen LogP contribution in [0.1, 0.15) is 50.7 Å². The second-order valence-corrected chi connectivity index (χ2v) is 12.2. The lowest BCUT2D eigenvalue weighted by Crippen LogP contribution is -2.41. The number of pyridine rings is 1. The Bertz CT molecular complexity index is 1650. The highest BCUT2D eigenvalue weighted by Gasteiger charge is 2.24. The molecule has 5 heterocycles. The lowest BCUT2D eigenvalue weighted by molar-refractivity contribution is -0.121. The van der Waals surface area contributed by atoms with Crippen LogP contribution in [0.4, 0.5) is 20.5 Å². The molecule has 0 spiro atoms. The monoisotopic (exact) mass is 574 g/mol. The number of benzene rings is 1. The van der Waals surface area contributed by atoms with Gasteiger partial charge < -0.3 is 14.8 Å². The lowest BCUT2D eigenvalue weighted by atomic mass is 10.1. The molecule has 6 rings (SSSR count). The lowest BCUT2D eigenvalue weighted by Gasteiger charge is -2.32. The number of likely N-dealkylation sites (tertiary alicyclic amines) is 1. The van der Waals surface area contributed by atoms with Crippen LogP contribution in [0.15, 0.2) is 30.5 Å². The molecule has 0 amide bonds. The third-order valence-corrected chi connectivity index (χ3v) is 8.08. The fourth-order valence-corrected chi connectivity index (χ4v) is 6.02. The summed E-state index contributed by atoms with van der Waals surface area (Å²) in [5.41, 5.74) is 2.99. The Labute approximate surface area is 244 Å². The Morgan fingerprint density at radius 2 is 1.67 bits per heavy atom. The molecule has 42 heavy (non-hydrogen) atoms. The van der Waals surface area contributed by atoms with Crippen molar-refractivity contribution in [2.45, 2.75) is 59.0 Å². The molecule has 1 saturated heterocycles. The molecule has 0 bridgehead atoms. The smallest absolute Gasteiger partial charge is 0.229 e. The van der Waals surface area contributed by atoms with Crippen molar-refractivity contribution in [2.75, 3.05) is 38.0 Å². The number of nitrogens with zero attached hydrogens (tertiary/aromatic N) is 7. The summed E-state index contributed by atoms with van der Waals surface area (Å²) in [6.45, 7) is 13.3. The van der Waals surface area contributed by atoms with Gasteiger partial charge in [0.25, 0.3) is 0 Å². The van der Waals surface area contributed by atoms with Crippen LogP contribution in [0.3, 0.4) is 0 Å². The zero-order valence-electron chi connectivity index (χ0n) is 24.5. The number of nitrogens with one attached hydrogen (secondary N) is 1. The summed E-state index contributed by atoms with van der Waals surface area (Å²) in [5, 5.41) is 3.11. The number of piperidine rings is 1. The molecule has 3 aromatic heterocycles. The molecule has 9 nitrogen and oxygen atoms in total. The van der Waals surface area contributed by atoms with E-state index < -0.39 is 11.6 Å². The van der Waals surface area contributed by atoms with E-state index in [0.717, 1.165) is 57.6 Å². The zero-order valence-corrected chi connectivity index (χ0v) is 24.5. The molecule has 4 aromatic rings. The molecule has 0 unspecified atom stereocenters. The average molecular weight is 575 g/mol. The highest BCUT2D eigenvalue weighted by Crippen LogP contribution is 2.32. The van der Waals surface area contributed by atoms with Gasteiger partial charge in [0.2, 0.25) is 5.95 Å². The minimum Gasteiger partial charge on any atom is -0.323 e. The van der Waals surface area contributed by atoms with Crippen molar-refractivity contribution in [3.8, 4) is 11.3 Å². The van der Waals surface area contributed by atoms with Gasteiger partial charge in [-0.2, -0.15) is 0 Å². The molecule has 2 aliphatic rings. The van der Waals surface area contributed by atoms with Crippen LogP contribution in [-0.2, 0) is 23.3 Å². The number of rotatable bonds is 6. The number of anilines is 2. The molecule has 220 valence electrons. The van der Waals surface area contributed by atoms with Gasteiger partial charge in [-0.05, 0) is 51.5 Å². The van der Waals surface area contributed by atoms with Crippen LogP contribution in [0.25, 0.3) is 22.3 Å². The number of imidazole rings is 1. The van der Waals surface area contributed by atoms with Gasteiger partial charge in [-0.1, -0.05) is 6.07 Å². The number of aromatic nitrogens is 5. The first-order valence-corrected chi connectivity index (χ1v) is 14.5. The third kappa shape index (κ3) is 5.76. The van der Waals surface area contributed by atoms with Crippen LogP contribution < -0.4 is 5.32 Å². The number of ketones is 1. The largest absolute Gasteiger partial charge is 0.323 e. The Morgan fingerprint density at radius 3 is 2.43 bits per heavy atom. The van der Waals surface area contributed by atoms with Gasteiger partial charge in [-0.25, -0.2) is 28.7 Å². The Kier molecular flexibility index (Phi) is 7.48. The van der Waals surface area contributed by atoms with E-state index in [4.69, 9.17) is 4.98 Å². The fraction of sp³-hybridized carbons (Fsp3) is 0.452. The van der Waals surface area contributed by atoms with E-state index in [9.17, 15) is 9.18 Å². The molecular formula is C31H36F2N8O. The second kappa shape index (κ2) is 11.1. The van der Waals surface area contributed by atoms with E-state index in [2.05, 4.69) is 36.1 Å². The first kappa shape index (κ1) is 28.3. The highest BCUT2D eigenvalue weighted by molar-refractivity contribution is 5.83. The molecule has 0 atom stereocenters. The maximum atomic E-state index is 15.2. The van der Waals surface area contributed by atoms with Gasteiger partial charge in [0.05, 0.1) is 11.7 Å². The molecule has 2 aliphatic heterocycles. The van der Waals surface area contributed by atoms with E-state index in [1.54, 1.807) is 6.07 Å². The minimum atomic E-state index is -0.646. The number of hydrogen-bond donors (Lipinski definition) is 1. The van der Waals surface area contributed by atoms with Crippen molar-refractivity contribution in [2.24, 2.45) is 0 Å². The maximum Gasteiger partial charge on any atom is 0.229 e. The van der Waals surface area contributed by atoms with Crippen molar-refractivity contribution < 1.29 is 13.6 Å². The topological polar surface area (TPSA) is 92.1 Å². The standard InChI is InChI=1S/C31H36F2N8O/c1-19-35-29-23(32)15-21(16-26(29)41(19)31(2,3)4)28-24(33)17-34-30(38-28)37-27-6-5-20-18-40(12-9-25(20)36-27)14-13-39-10-7-22(42)8-11-39/h5-6,15-17H,7-14,18H2,1-4H3,(H,34,36,37,38). The number of halogens is 2. The number of hydrogen-bond acceptors (Lipinski definition) is 8. The van der Waals surface area contributed by atoms with E-state index in [1.807, 2.05) is 38.3 Å². The number of carbonyl (C=O) groups is 1. The van der Waals surface area contributed by atoms with Crippen LogP contribution in [0.2, 0.25) is 0 Å². The van der Waals surface area contributed by atoms with E-state index in [1.165, 1.54) is 11.6 Å². The quantitative estimate of drug-likeness (QED) is 0.344. The van der Waals surface area contributed by atoms with Gasteiger partial charge >= 0.3 is 0 Å². The third-order valence-electron chi connectivity index (χ3n) is 8.08. The fourth-order valence-electron chi connectivity index (χ4n) is 6.02. The van der Waals surface area contributed by atoms with Crippen molar-refractivity contribution in [3.63, 3.8) is 0 Å². The SMILES string of the molecule is Cc1nc2c(F)cc(-c3nc(Nc4ccc5c(n4)CCN(CCN4CCC(=O)CC4)C5)ncc3F)cc2n1C(C)(C)C. The van der Waals surface area contributed by atoms with E-state index in [-0.39, 0.29) is 22.7 Å². The number of fused-ring (bicyclic) bond motifs is 2. The van der Waals surface area contributed by atoms with Gasteiger partial charge in [0.15, 0.2) is 11.6 Å². The van der Waals surface area contributed by atoms with E-state index in [0.29, 0.717) is 41.3 Å². The Balaban J connectivity index is 1.18. The van der Waals surface area contributed by atoms with Crippen molar-refractivity contribution in [3.05, 3.63) is 59.2 Å². The molecule has 1 aromatic carbocycles. The van der Waals surface area contributed by atoms with Gasteiger partial charge in [-0.3, -0.25) is 9.69 Å². The molecule has 1 N–H and O–H groups in total. The van der Waals surface area contributed by atoms with Crippen molar-refractivity contribution in [1.82, 2.24) is 34.3 Å². The van der Waals surface area contributed by atoms with Crippen molar-refractivity contribution >= 4 is 28.6 Å². The molecule has 0 aliphatic carbocycles. The van der Waals surface area contributed by atoms with E-state index >= 15 is 4.39 Å². The summed E-state index contributed by atoms with van der Waals surface area (Å²) in [5.74, 6) is 0.620. The van der Waals surface area contributed by atoms with Gasteiger partial charge in [-0.15, -0.1) is 0 Å². The first-order valence-electron chi connectivity index (χ1n) is 14.5. The number of carbonyl (C=O) groups excluding carboxylic acids is 1. The summed E-state index contributed by atoms with van der Waals surface area (Å²) in [6.07, 6.45) is 3.24. The minimum absolute atomic E-state index is 0.000661. The van der Waals surface area contributed by atoms with Crippen molar-refractivity contribution in [1.29, 1.82) is 0 Å². The zero-order chi connectivity index (χ0) is 29.6. The van der Waals surface area contributed by atoms with Crippen LogP contribution in [0.5, 0.6) is 0 Å². The number of Topliss-reactive ketones (excluding diaryl/α,β-unsaturated/α-hetero) is 1. The molecular weight excluding hydrogens is 538 g/mol. The molecule has 11 heteroatoms. The summed E-state index contributed by atoms with van der Waals surface area (Å²) < 4.78 is 32.1. The number of aryl methyl sites for hydroxylation is 1. The maximum absolute atomic E-state index is 15.2. The predicted octanol–water partition coefficient (Wildman–Crippen LogP) is 5.00. The Morgan fingerprint density at radius 1 is 0.929 bits per heavy atom. The molecule has 1 fully saturated rings. The summed E-state index contributed by atoms with van der Waals surface area (Å²) >= 11 is 0.